The molecule has 1 heterocycles. The number of aliphatic imine (C=N–C) groups is 1. The molecular formula is C21H29IN4O2S. The van der Waals surface area contributed by atoms with Gasteiger partial charge in [-0.3, -0.25) is 4.99 Å². The SMILES string of the molecule is CN=C(NCc1ccc(S(=O)(=O)N2CCCC2)cc1)NCc1ccccc1C.I. The summed E-state index contributed by atoms with van der Waals surface area (Å²) < 4.78 is 26.7. The zero-order chi connectivity index (χ0) is 20.0. The maximum absolute atomic E-state index is 12.6. The van der Waals surface area contributed by atoms with Crippen LogP contribution < -0.4 is 10.6 Å². The van der Waals surface area contributed by atoms with Gasteiger partial charge in [0.15, 0.2) is 5.96 Å². The number of hydrogen-bond acceptors (Lipinski definition) is 3. The van der Waals surface area contributed by atoms with E-state index in [1.54, 1.807) is 23.5 Å². The lowest BCUT2D eigenvalue weighted by Gasteiger charge is -2.16. The van der Waals surface area contributed by atoms with Gasteiger partial charge in [0.1, 0.15) is 0 Å². The molecule has 0 bridgehead atoms. The van der Waals surface area contributed by atoms with E-state index in [2.05, 4.69) is 34.7 Å². The molecule has 0 amide bonds. The molecule has 1 aliphatic heterocycles. The summed E-state index contributed by atoms with van der Waals surface area (Å²) in [5, 5.41) is 6.57. The molecule has 2 aromatic carbocycles. The number of rotatable bonds is 6. The van der Waals surface area contributed by atoms with E-state index in [1.165, 1.54) is 11.1 Å². The number of benzene rings is 2. The van der Waals surface area contributed by atoms with E-state index >= 15 is 0 Å². The molecule has 158 valence electrons. The molecule has 8 heteroatoms. The van der Waals surface area contributed by atoms with E-state index in [1.807, 2.05) is 24.3 Å². The van der Waals surface area contributed by atoms with E-state index in [9.17, 15) is 8.42 Å². The Kier molecular flexibility index (Phi) is 8.91. The standard InChI is InChI=1S/C21H28N4O2S.HI/c1-17-7-3-4-8-19(17)16-24-21(22-2)23-15-18-9-11-20(12-10-18)28(26,27)25-13-5-6-14-25;/h3-4,7-12H,5-6,13-16H2,1-2H3,(H2,22,23,24);1H. The summed E-state index contributed by atoms with van der Waals surface area (Å²) in [6, 6.07) is 15.3. The molecule has 1 saturated heterocycles. The van der Waals surface area contributed by atoms with Gasteiger partial charge in [0.2, 0.25) is 10.0 Å². The molecule has 0 spiro atoms. The van der Waals surface area contributed by atoms with Crippen molar-refractivity contribution in [2.24, 2.45) is 4.99 Å². The first-order valence-corrected chi connectivity index (χ1v) is 11.0. The average Bonchev–Trinajstić information content (AvgIpc) is 3.25. The van der Waals surface area contributed by atoms with Gasteiger partial charge < -0.3 is 10.6 Å². The fraction of sp³-hybridized carbons (Fsp3) is 0.381. The molecule has 0 saturated carbocycles. The van der Waals surface area contributed by atoms with Crippen molar-refractivity contribution in [3.63, 3.8) is 0 Å². The maximum atomic E-state index is 12.6. The summed E-state index contributed by atoms with van der Waals surface area (Å²) in [6.07, 6.45) is 1.88. The zero-order valence-corrected chi connectivity index (χ0v) is 20.0. The summed E-state index contributed by atoms with van der Waals surface area (Å²) >= 11 is 0. The van der Waals surface area contributed by atoms with E-state index in [4.69, 9.17) is 0 Å². The van der Waals surface area contributed by atoms with Crippen molar-refractivity contribution in [3.8, 4) is 0 Å². The van der Waals surface area contributed by atoms with Crippen LogP contribution in [0.15, 0.2) is 58.4 Å². The number of nitrogens with zero attached hydrogens (tertiary/aromatic N) is 2. The Morgan fingerprint density at radius 3 is 2.24 bits per heavy atom. The minimum Gasteiger partial charge on any atom is -0.352 e. The van der Waals surface area contributed by atoms with Crippen LogP contribution in [0.3, 0.4) is 0 Å². The highest BCUT2D eigenvalue weighted by atomic mass is 127. The Hall–Kier alpha value is -1.65. The Morgan fingerprint density at radius 1 is 1.00 bits per heavy atom. The fourth-order valence-corrected chi connectivity index (χ4v) is 4.77. The highest BCUT2D eigenvalue weighted by molar-refractivity contribution is 14.0. The minimum atomic E-state index is -3.36. The van der Waals surface area contributed by atoms with Gasteiger partial charge in [0.05, 0.1) is 4.90 Å². The lowest BCUT2D eigenvalue weighted by atomic mass is 10.1. The molecule has 1 fully saturated rings. The third kappa shape index (κ3) is 6.16. The summed E-state index contributed by atoms with van der Waals surface area (Å²) in [7, 11) is -1.62. The van der Waals surface area contributed by atoms with Crippen LogP contribution in [0.4, 0.5) is 0 Å². The van der Waals surface area contributed by atoms with E-state index in [-0.39, 0.29) is 24.0 Å². The predicted octanol–water partition coefficient (Wildman–Crippen LogP) is 3.26. The second kappa shape index (κ2) is 10.9. The molecule has 2 aromatic rings. The van der Waals surface area contributed by atoms with E-state index in [0.29, 0.717) is 37.0 Å². The van der Waals surface area contributed by atoms with Gasteiger partial charge in [0.25, 0.3) is 0 Å². The molecule has 3 rings (SSSR count). The summed E-state index contributed by atoms with van der Waals surface area (Å²) in [4.78, 5) is 4.61. The summed E-state index contributed by atoms with van der Waals surface area (Å²) in [5.74, 6) is 0.706. The highest BCUT2D eigenvalue weighted by Gasteiger charge is 2.26. The van der Waals surface area contributed by atoms with Gasteiger partial charge in [-0.25, -0.2) is 8.42 Å². The second-order valence-electron chi connectivity index (χ2n) is 6.96. The third-order valence-corrected chi connectivity index (χ3v) is 6.93. The quantitative estimate of drug-likeness (QED) is 0.343. The van der Waals surface area contributed by atoms with Crippen LogP contribution in [0.5, 0.6) is 0 Å². The largest absolute Gasteiger partial charge is 0.352 e. The number of guanidine groups is 1. The van der Waals surface area contributed by atoms with Gasteiger partial charge in [-0.15, -0.1) is 24.0 Å². The van der Waals surface area contributed by atoms with Crippen molar-refractivity contribution < 1.29 is 8.42 Å². The molecule has 29 heavy (non-hydrogen) atoms. The molecule has 1 aliphatic rings. The molecule has 0 aromatic heterocycles. The highest BCUT2D eigenvalue weighted by Crippen LogP contribution is 2.21. The van der Waals surface area contributed by atoms with Gasteiger partial charge in [-0.2, -0.15) is 4.31 Å². The Morgan fingerprint density at radius 2 is 1.62 bits per heavy atom. The number of nitrogens with one attached hydrogen (secondary N) is 2. The van der Waals surface area contributed by atoms with Gasteiger partial charge >= 0.3 is 0 Å². The number of hydrogen-bond donors (Lipinski definition) is 2. The smallest absolute Gasteiger partial charge is 0.243 e. The monoisotopic (exact) mass is 528 g/mol. The average molecular weight is 528 g/mol. The van der Waals surface area contributed by atoms with Gasteiger partial charge in [0, 0.05) is 33.2 Å². The number of sulfonamides is 1. The summed E-state index contributed by atoms with van der Waals surface area (Å²) in [6.45, 7) is 4.59. The summed E-state index contributed by atoms with van der Waals surface area (Å²) in [5.41, 5.74) is 3.46. The molecule has 0 radical (unpaired) electrons. The lowest BCUT2D eigenvalue weighted by molar-refractivity contribution is 0.477. The van der Waals surface area contributed by atoms with Gasteiger partial charge in [-0.05, 0) is 48.6 Å². The van der Waals surface area contributed by atoms with Crippen molar-refractivity contribution in [1.29, 1.82) is 0 Å². The third-order valence-electron chi connectivity index (χ3n) is 5.02. The van der Waals surface area contributed by atoms with Crippen LogP contribution in [0.25, 0.3) is 0 Å². The minimum absolute atomic E-state index is 0. The van der Waals surface area contributed by atoms with Gasteiger partial charge in [-0.1, -0.05) is 36.4 Å². The zero-order valence-electron chi connectivity index (χ0n) is 16.9. The van der Waals surface area contributed by atoms with Crippen molar-refractivity contribution in [1.82, 2.24) is 14.9 Å². The van der Waals surface area contributed by atoms with E-state index in [0.717, 1.165) is 18.4 Å². The maximum Gasteiger partial charge on any atom is 0.243 e. The van der Waals surface area contributed by atoms with Crippen LogP contribution in [-0.2, 0) is 23.1 Å². The Balaban J connectivity index is 0.00000300. The molecule has 6 nitrogen and oxygen atoms in total. The molecular weight excluding hydrogens is 499 g/mol. The molecule has 2 N–H and O–H groups in total. The number of halogens is 1. The Bertz CT molecular complexity index is 924. The normalized spacial score (nSPS) is 15.0. The second-order valence-corrected chi connectivity index (χ2v) is 8.90. The first-order chi connectivity index (χ1) is 13.5. The van der Waals surface area contributed by atoms with Crippen molar-refractivity contribution in [2.75, 3.05) is 20.1 Å². The van der Waals surface area contributed by atoms with Crippen molar-refractivity contribution in [2.45, 2.75) is 37.8 Å². The van der Waals surface area contributed by atoms with Crippen LogP contribution in [0, 0.1) is 6.92 Å². The first-order valence-electron chi connectivity index (χ1n) is 9.59. The molecule has 0 unspecified atom stereocenters. The van der Waals surface area contributed by atoms with Crippen LogP contribution in [-0.4, -0.2) is 38.8 Å². The van der Waals surface area contributed by atoms with Crippen molar-refractivity contribution >= 4 is 40.0 Å². The number of aryl methyl sites for hydroxylation is 1. The van der Waals surface area contributed by atoms with Crippen LogP contribution in [0.2, 0.25) is 0 Å². The van der Waals surface area contributed by atoms with Crippen LogP contribution in [0.1, 0.15) is 29.5 Å². The van der Waals surface area contributed by atoms with E-state index < -0.39 is 10.0 Å². The van der Waals surface area contributed by atoms with Crippen molar-refractivity contribution in [3.05, 3.63) is 65.2 Å². The fourth-order valence-electron chi connectivity index (χ4n) is 3.25. The predicted molar refractivity (Wildman–Crippen MR) is 128 cm³/mol. The topological polar surface area (TPSA) is 73.8 Å². The Labute approximate surface area is 190 Å². The van der Waals surface area contributed by atoms with Crippen LogP contribution >= 0.6 is 24.0 Å². The molecule has 0 atom stereocenters. The lowest BCUT2D eigenvalue weighted by Crippen LogP contribution is -2.36. The molecule has 0 aliphatic carbocycles. The first kappa shape index (κ1) is 23.6.